The fourth-order valence-corrected chi connectivity index (χ4v) is 5.55. The molecular formula is C26H23N5O7S2. The van der Waals surface area contributed by atoms with Gasteiger partial charge in [0.05, 0.1) is 28.1 Å². The molecule has 0 fully saturated rings. The minimum absolute atomic E-state index is 0.108. The van der Waals surface area contributed by atoms with E-state index in [9.17, 15) is 22.8 Å². The molecule has 2 heterocycles. The van der Waals surface area contributed by atoms with E-state index in [2.05, 4.69) is 15.7 Å². The zero-order valence-electron chi connectivity index (χ0n) is 21.0. The number of benzene rings is 3. The number of para-hydroxylation sites is 1. The number of hydrogen-bond acceptors (Lipinski definition) is 9. The number of sulfonamides is 1. The Kier molecular flexibility index (Phi) is 7.73. The molecule has 1 aliphatic heterocycles. The molecule has 2 amide bonds. The quantitative estimate of drug-likeness (QED) is 0.153. The fourth-order valence-electron chi connectivity index (χ4n) is 3.89. The topological polar surface area (TPSA) is 158 Å². The highest BCUT2D eigenvalue weighted by molar-refractivity contribution is 7.99. The summed E-state index contributed by atoms with van der Waals surface area (Å²) in [6, 6.07) is 17.7. The van der Waals surface area contributed by atoms with E-state index in [1.54, 1.807) is 36.4 Å². The predicted molar refractivity (Wildman–Crippen MR) is 148 cm³/mol. The van der Waals surface area contributed by atoms with Crippen LogP contribution in [0.3, 0.4) is 0 Å². The van der Waals surface area contributed by atoms with E-state index in [1.807, 2.05) is 10.9 Å². The second kappa shape index (κ2) is 11.4. The third kappa shape index (κ3) is 6.09. The lowest BCUT2D eigenvalue weighted by Crippen LogP contribution is -2.42. The van der Waals surface area contributed by atoms with Gasteiger partial charge >= 0.3 is 0 Å². The highest BCUT2D eigenvalue weighted by Gasteiger charge is 2.19. The van der Waals surface area contributed by atoms with Crippen LogP contribution in [0, 0.1) is 0 Å². The van der Waals surface area contributed by atoms with Crippen LogP contribution in [-0.4, -0.2) is 42.3 Å². The number of rotatable bonds is 9. The number of nitrogens with zero attached hydrogens (tertiary/aromatic N) is 2. The highest BCUT2D eigenvalue weighted by atomic mass is 32.2. The van der Waals surface area contributed by atoms with Gasteiger partial charge in [0, 0.05) is 12.6 Å². The van der Waals surface area contributed by atoms with Crippen molar-refractivity contribution in [2.45, 2.75) is 23.5 Å². The Morgan fingerprint density at radius 1 is 1.02 bits per heavy atom. The van der Waals surface area contributed by atoms with E-state index in [-0.39, 0.29) is 40.6 Å². The number of hydrazine groups is 1. The van der Waals surface area contributed by atoms with Crippen LogP contribution in [0.1, 0.15) is 12.5 Å². The van der Waals surface area contributed by atoms with Crippen molar-refractivity contribution in [3.8, 4) is 11.5 Å². The van der Waals surface area contributed by atoms with E-state index in [0.717, 1.165) is 17.3 Å². The van der Waals surface area contributed by atoms with Gasteiger partial charge in [-0.2, -0.15) is 0 Å². The molecule has 14 heteroatoms. The number of carbonyl (C=O) groups excluding carboxylic acids is 2. The molecule has 0 saturated carbocycles. The molecule has 0 bridgehead atoms. The molecule has 0 aliphatic carbocycles. The first-order valence-electron chi connectivity index (χ1n) is 11.9. The first kappa shape index (κ1) is 27.2. The third-order valence-corrected chi connectivity index (χ3v) is 7.99. The van der Waals surface area contributed by atoms with Crippen LogP contribution >= 0.6 is 11.8 Å². The van der Waals surface area contributed by atoms with Crippen molar-refractivity contribution < 1.29 is 27.5 Å². The van der Waals surface area contributed by atoms with E-state index in [0.29, 0.717) is 28.1 Å². The molecule has 5 rings (SSSR count). The summed E-state index contributed by atoms with van der Waals surface area (Å²) in [5.41, 5.74) is 3.57. The summed E-state index contributed by atoms with van der Waals surface area (Å²) in [7, 11) is -4.07. The first-order valence-corrected chi connectivity index (χ1v) is 14.4. The number of carbonyl (C=O) groups is 2. The number of anilines is 1. The van der Waals surface area contributed by atoms with Crippen LogP contribution in [0.2, 0.25) is 0 Å². The second-order valence-corrected chi connectivity index (χ2v) is 11.3. The number of ether oxygens (including phenoxy) is 2. The van der Waals surface area contributed by atoms with Gasteiger partial charge in [0.1, 0.15) is 0 Å². The van der Waals surface area contributed by atoms with Gasteiger partial charge in [-0.05, 0) is 54.1 Å². The SMILES string of the molecule is CC(=O)Nc1ccc(S(=O)(=O)NNC(=O)CSc2nc3ccccc3c(=O)n2Cc2ccc3c(c2)OCO3)cc1. The molecule has 0 unspecified atom stereocenters. The lowest BCUT2D eigenvalue weighted by Gasteiger charge is -2.14. The fraction of sp³-hybridized carbons (Fsp3) is 0.154. The summed E-state index contributed by atoms with van der Waals surface area (Å²) in [4.78, 5) is 43.6. The minimum Gasteiger partial charge on any atom is -0.454 e. The molecule has 3 N–H and O–H groups in total. The molecule has 1 aromatic heterocycles. The number of hydrogen-bond donors (Lipinski definition) is 3. The summed E-state index contributed by atoms with van der Waals surface area (Å²) in [5, 5.41) is 3.25. The van der Waals surface area contributed by atoms with Crippen molar-refractivity contribution in [1.29, 1.82) is 0 Å². The Morgan fingerprint density at radius 3 is 2.55 bits per heavy atom. The van der Waals surface area contributed by atoms with Gasteiger partial charge in [-0.25, -0.2) is 13.4 Å². The molecule has 0 radical (unpaired) electrons. The number of fused-ring (bicyclic) bond motifs is 2. The number of amides is 2. The molecule has 40 heavy (non-hydrogen) atoms. The van der Waals surface area contributed by atoms with Crippen LogP contribution in [0.15, 0.2) is 81.6 Å². The van der Waals surface area contributed by atoms with Crippen LogP contribution in [-0.2, 0) is 26.2 Å². The summed E-state index contributed by atoms with van der Waals surface area (Å²) in [6.45, 7) is 1.63. The van der Waals surface area contributed by atoms with Gasteiger partial charge in [-0.1, -0.05) is 30.0 Å². The summed E-state index contributed by atoms with van der Waals surface area (Å²) < 4.78 is 37.4. The van der Waals surface area contributed by atoms with Gasteiger partial charge < -0.3 is 14.8 Å². The van der Waals surface area contributed by atoms with Crippen LogP contribution in [0.4, 0.5) is 5.69 Å². The monoisotopic (exact) mass is 581 g/mol. The molecule has 3 aromatic carbocycles. The first-order chi connectivity index (χ1) is 19.2. The largest absolute Gasteiger partial charge is 0.454 e. The summed E-state index contributed by atoms with van der Waals surface area (Å²) in [5.74, 6) is 0.0202. The molecule has 1 aliphatic rings. The number of aromatic nitrogens is 2. The number of thioether (sulfide) groups is 1. The maximum Gasteiger partial charge on any atom is 0.262 e. The van der Waals surface area contributed by atoms with Gasteiger partial charge in [0.25, 0.3) is 15.6 Å². The van der Waals surface area contributed by atoms with E-state index >= 15 is 0 Å². The van der Waals surface area contributed by atoms with Gasteiger partial charge in [-0.15, -0.1) is 4.83 Å². The van der Waals surface area contributed by atoms with E-state index < -0.39 is 15.9 Å². The zero-order valence-corrected chi connectivity index (χ0v) is 22.7. The molecule has 0 atom stereocenters. The van der Waals surface area contributed by atoms with Crippen LogP contribution in [0.25, 0.3) is 10.9 Å². The Labute approximate surface area is 232 Å². The van der Waals surface area contributed by atoms with Crippen molar-refractivity contribution in [2.75, 3.05) is 17.9 Å². The maximum absolute atomic E-state index is 13.4. The van der Waals surface area contributed by atoms with Crippen molar-refractivity contribution in [3.63, 3.8) is 0 Å². The summed E-state index contributed by atoms with van der Waals surface area (Å²) in [6.07, 6.45) is 0. The van der Waals surface area contributed by atoms with Crippen molar-refractivity contribution in [2.24, 2.45) is 0 Å². The van der Waals surface area contributed by atoms with Crippen LogP contribution in [0.5, 0.6) is 11.5 Å². The Morgan fingerprint density at radius 2 is 1.77 bits per heavy atom. The average Bonchev–Trinajstić information content (AvgIpc) is 3.41. The van der Waals surface area contributed by atoms with E-state index in [4.69, 9.17) is 9.47 Å². The van der Waals surface area contributed by atoms with E-state index in [1.165, 1.54) is 35.8 Å². The molecule has 0 saturated heterocycles. The Hall–Kier alpha value is -4.40. The standard InChI is InChI=1S/C26H23N5O7S2/c1-16(32)27-18-7-9-19(10-8-18)40(35,36)30-29-24(33)14-39-26-28-21-5-3-2-4-20(21)25(34)31(26)13-17-6-11-22-23(12-17)38-15-37-22/h2-12,30H,13-15H2,1H3,(H,27,32)(H,29,33). The maximum atomic E-state index is 13.4. The second-order valence-electron chi connectivity index (χ2n) is 8.64. The molecule has 206 valence electrons. The Bertz CT molecular complexity index is 1770. The number of nitrogens with one attached hydrogen (secondary N) is 3. The molecular weight excluding hydrogens is 558 g/mol. The lowest BCUT2D eigenvalue weighted by molar-refractivity contribution is -0.119. The van der Waals surface area contributed by atoms with Crippen molar-refractivity contribution >= 4 is 50.2 Å². The van der Waals surface area contributed by atoms with Gasteiger partial charge in [-0.3, -0.25) is 24.4 Å². The lowest BCUT2D eigenvalue weighted by atomic mass is 10.2. The van der Waals surface area contributed by atoms with Gasteiger partial charge in [0.15, 0.2) is 16.7 Å². The summed E-state index contributed by atoms with van der Waals surface area (Å²) >= 11 is 0.992. The zero-order chi connectivity index (χ0) is 28.3. The molecule has 4 aromatic rings. The molecule has 0 spiro atoms. The normalized spacial score (nSPS) is 12.3. The van der Waals surface area contributed by atoms with Crippen molar-refractivity contribution in [3.05, 3.63) is 82.6 Å². The molecule has 12 nitrogen and oxygen atoms in total. The minimum atomic E-state index is -4.07. The highest BCUT2D eigenvalue weighted by Crippen LogP contribution is 2.33. The Balaban J connectivity index is 1.30. The average molecular weight is 582 g/mol. The predicted octanol–water partition coefficient (Wildman–Crippen LogP) is 2.23. The van der Waals surface area contributed by atoms with Crippen LogP contribution < -0.4 is 30.6 Å². The third-order valence-electron chi connectivity index (χ3n) is 5.75. The smallest absolute Gasteiger partial charge is 0.262 e. The van der Waals surface area contributed by atoms with Crippen molar-refractivity contribution in [1.82, 2.24) is 19.8 Å². The van der Waals surface area contributed by atoms with Gasteiger partial charge in [0.2, 0.25) is 18.6 Å².